The topological polar surface area (TPSA) is 117 Å². The Labute approximate surface area is 163 Å². The van der Waals surface area contributed by atoms with E-state index in [1.54, 1.807) is 24.3 Å². The Kier molecular flexibility index (Phi) is 5.85. The highest BCUT2D eigenvalue weighted by Crippen LogP contribution is 2.19. The monoisotopic (exact) mass is 404 g/mol. The maximum Gasteiger partial charge on any atom is 0.394 e. The number of carbonyl (C=O) groups is 2. The molecule has 0 radical (unpaired) electrons. The Morgan fingerprint density at radius 2 is 1.82 bits per heavy atom. The molecule has 2 amide bonds. The molecule has 0 aliphatic carbocycles. The van der Waals surface area contributed by atoms with Crippen molar-refractivity contribution in [2.75, 3.05) is 5.32 Å². The second-order valence-electron chi connectivity index (χ2n) is 5.75. The number of nitrogens with one attached hydrogen (secondary N) is 2. The molecule has 1 aromatic heterocycles. The molecule has 3 N–H and O–H groups in total. The number of carbonyl (C=O) groups excluding carboxylic acids is 1. The number of benzene rings is 2. The van der Waals surface area contributed by atoms with Crippen molar-refractivity contribution in [3.8, 4) is 0 Å². The summed E-state index contributed by atoms with van der Waals surface area (Å²) >= 11 is 5.88. The van der Waals surface area contributed by atoms with Gasteiger partial charge in [-0.2, -0.15) is 4.98 Å². The lowest BCUT2D eigenvalue weighted by Crippen LogP contribution is -2.34. The number of carboxylic acids is 1. The molecule has 28 heavy (non-hydrogen) atoms. The molecule has 0 saturated carbocycles. The number of aromatic nitrogens is 2. The third-order valence-electron chi connectivity index (χ3n) is 3.70. The fourth-order valence-corrected chi connectivity index (χ4v) is 2.51. The first kappa shape index (κ1) is 19.3. The first-order valence-electron chi connectivity index (χ1n) is 8.05. The number of carboxylic acid groups (broad SMARTS) is 1. The second-order valence-corrected chi connectivity index (χ2v) is 6.19. The zero-order valence-corrected chi connectivity index (χ0v) is 15.0. The first-order chi connectivity index (χ1) is 13.4. The van der Waals surface area contributed by atoms with E-state index in [2.05, 4.69) is 25.3 Å². The summed E-state index contributed by atoms with van der Waals surface area (Å²) in [5, 5.41) is 18.4. The molecule has 3 rings (SSSR count). The van der Waals surface area contributed by atoms with Gasteiger partial charge in [-0.25, -0.2) is 14.0 Å². The van der Waals surface area contributed by atoms with Gasteiger partial charge in [0.05, 0.1) is 6.04 Å². The van der Waals surface area contributed by atoms with Crippen LogP contribution in [0.1, 0.15) is 28.1 Å². The van der Waals surface area contributed by atoms with Gasteiger partial charge in [-0.3, -0.25) is 0 Å². The fourth-order valence-electron chi connectivity index (χ4n) is 2.38. The molecule has 0 spiro atoms. The van der Waals surface area contributed by atoms with Crippen molar-refractivity contribution < 1.29 is 23.6 Å². The Morgan fingerprint density at radius 3 is 2.43 bits per heavy atom. The molecule has 0 aliphatic rings. The van der Waals surface area contributed by atoms with Gasteiger partial charge < -0.3 is 20.3 Å². The van der Waals surface area contributed by atoms with Gasteiger partial charge >= 0.3 is 17.9 Å². The zero-order valence-electron chi connectivity index (χ0n) is 14.2. The molecular formula is C18H14ClFN4O4. The standard InChI is InChI=1S/C18H14ClFN4O4/c19-11-3-1-10(2-4-11)9-14(15-23-16(17(25)26)28-24-15)22-18(27)21-13-7-5-12(20)6-8-13/h1-8,14H,9H2,(H,25,26)(H2,21,22,27). The van der Waals surface area contributed by atoms with Gasteiger partial charge in [0.1, 0.15) is 5.82 Å². The molecule has 1 heterocycles. The minimum Gasteiger partial charge on any atom is -0.474 e. The van der Waals surface area contributed by atoms with Crippen LogP contribution >= 0.6 is 11.6 Å². The van der Waals surface area contributed by atoms with Gasteiger partial charge in [0, 0.05) is 17.1 Å². The van der Waals surface area contributed by atoms with Gasteiger partial charge in [-0.1, -0.05) is 28.9 Å². The average Bonchev–Trinajstić information content (AvgIpc) is 3.15. The van der Waals surface area contributed by atoms with E-state index in [1.807, 2.05) is 0 Å². The lowest BCUT2D eigenvalue weighted by Gasteiger charge is -2.16. The number of anilines is 1. The number of nitrogens with zero attached hydrogens (tertiary/aromatic N) is 2. The average molecular weight is 405 g/mol. The largest absolute Gasteiger partial charge is 0.474 e. The summed E-state index contributed by atoms with van der Waals surface area (Å²) < 4.78 is 17.7. The molecule has 0 saturated heterocycles. The highest BCUT2D eigenvalue weighted by atomic mass is 35.5. The summed E-state index contributed by atoms with van der Waals surface area (Å²) in [5.41, 5.74) is 1.18. The predicted octanol–water partition coefficient (Wildman–Crippen LogP) is 3.67. The van der Waals surface area contributed by atoms with Crippen LogP contribution in [0.25, 0.3) is 0 Å². The van der Waals surface area contributed by atoms with Crippen molar-refractivity contribution >= 4 is 29.3 Å². The summed E-state index contributed by atoms with van der Waals surface area (Å²) in [4.78, 5) is 27.1. The Morgan fingerprint density at radius 1 is 1.14 bits per heavy atom. The van der Waals surface area contributed by atoms with E-state index in [4.69, 9.17) is 16.7 Å². The van der Waals surface area contributed by atoms with E-state index >= 15 is 0 Å². The molecule has 144 valence electrons. The van der Waals surface area contributed by atoms with Crippen LogP contribution in [0.5, 0.6) is 0 Å². The highest BCUT2D eigenvalue weighted by Gasteiger charge is 2.23. The third-order valence-corrected chi connectivity index (χ3v) is 3.95. The van der Waals surface area contributed by atoms with Crippen molar-refractivity contribution in [1.29, 1.82) is 0 Å². The van der Waals surface area contributed by atoms with E-state index in [0.29, 0.717) is 10.7 Å². The van der Waals surface area contributed by atoms with Crippen LogP contribution in [0.15, 0.2) is 53.1 Å². The third kappa shape index (κ3) is 5.04. The number of aromatic carboxylic acids is 1. The van der Waals surface area contributed by atoms with Crippen molar-refractivity contribution in [3.05, 3.63) is 76.6 Å². The maximum atomic E-state index is 13.0. The first-order valence-corrected chi connectivity index (χ1v) is 8.43. The normalized spacial score (nSPS) is 11.6. The molecule has 2 aromatic carbocycles. The number of rotatable bonds is 6. The van der Waals surface area contributed by atoms with Crippen molar-refractivity contribution in [3.63, 3.8) is 0 Å². The molecule has 0 fully saturated rings. The van der Waals surface area contributed by atoms with E-state index in [0.717, 1.165) is 5.56 Å². The van der Waals surface area contributed by atoms with Crippen LogP contribution < -0.4 is 10.6 Å². The van der Waals surface area contributed by atoms with Gasteiger partial charge in [0.15, 0.2) is 5.82 Å². The number of halogens is 2. The van der Waals surface area contributed by atoms with Crippen LogP contribution in [-0.2, 0) is 6.42 Å². The summed E-state index contributed by atoms with van der Waals surface area (Å²) in [7, 11) is 0. The van der Waals surface area contributed by atoms with Crippen LogP contribution in [0.2, 0.25) is 5.02 Å². The SMILES string of the molecule is O=C(Nc1ccc(F)cc1)NC(Cc1ccc(Cl)cc1)c1noc(C(=O)O)n1. The maximum absolute atomic E-state index is 13.0. The van der Waals surface area contributed by atoms with Crippen molar-refractivity contribution in [2.45, 2.75) is 12.5 Å². The Bertz CT molecular complexity index is 976. The molecule has 1 atom stereocenters. The predicted molar refractivity (Wildman–Crippen MR) is 97.7 cm³/mol. The molecule has 0 bridgehead atoms. The Hall–Kier alpha value is -3.46. The number of urea groups is 1. The van der Waals surface area contributed by atoms with E-state index < -0.39 is 29.8 Å². The minimum atomic E-state index is -1.38. The molecule has 0 aliphatic heterocycles. The van der Waals surface area contributed by atoms with Gasteiger partial charge in [0.2, 0.25) is 0 Å². The number of hydrogen-bond donors (Lipinski definition) is 3. The highest BCUT2D eigenvalue weighted by molar-refractivity contribution is 6.30. The van der Waals surface area contributed by atoms with Crippen molar-refractivity contribution in [1.82, 2.24) is 15.5 Å². The van der Waals surface area contributed by atoms with Gasteiger partial charge in [-0.05, 0) is 42.0 Å². The summed E-state index contributed by atoms with van der Waals surface area (Å²) in [6.45, 7) is 0. The van der Waals surface area contributed by atoms with E-state index in [9.17, 15) is 14.0 Å². The lowest BCUT2D eigenvalue weighted by molar-refractivity contribution is 0.0643. The van der Waals surface area contributed by atoms with Gasteiger partial charge in [0.25, 0.3) is 0 Å². The molecule has 8 nitrogen and oxygen atoms in total. The van der Waals surface area contributed by atoms with Gasteiger partial charge in [-0.15, -0.1) is 0 Å². The number of amides is 2. The second kappa shape index (κ2) is 8.49. The van der Waals surface area contributed by atoms with E-state index in [-0.39, 0.29) is 12.2 Å². The smallest absolute Gasteiger partial charge is 0.394 e. The Balaban J connectivity index is 1.77. The van der Waals surface area contributed by atoms with Crippen LogP contribution in [-0.4, -0.2) is 27.2 Å². The quantitative estimate of drug-likeness (QED) is 0.577. The summed E-state index contributed by atoms with van der Waals surface area (Å²) in [6, 6.07) is 10.7. The van der Waals surface area contributed by atoms with Crippen LogP contribution in [0.4, 0.5) is 14.9 Å². The fraction of sp³-hybridized carbons (Fsp3) is 0.111. The zero-order chi connectivity index (χ0) is 20.1. The molecule has 3 aromatic rings. The van der Waals surface area contributed by atoms with Crippen LogP contribution in [0.3, 0.4) is 0 Å². The summed E-state index contributed by atoms with van der Waals surface area (Å²) in [6.07, 6.45) is 0.257. The minimum absolute atomic E-state index is 0.00149. The number of hydrogen-bond acceptors (Lipinski definition) is 5. The van der Waals surface area contributed by atoms with Crippen molar-refractivity contribution in [2.24, 2.45) is 0 Å². The lowest BCUT2D eigenvalue weighted by atomic mass is 10.1. The molecule has 10 heteroatoms. The molecular weight excluding hydrogens is 391 g/mol. The van der Waals surface area contributed by atoms with Crippen LogP contribution in [0, 0.1) is 5.82 Å². The molecule has 1 unspecified atom stereocenters. The summed E-state index contributed by atoms with van der Waals surface area (Å²) in [5.74, 6) is -2.39. The van der Waals surface area contributed by atoms with E-state index in [1.165, 1.54) is 24.3 Å².